The van der Waals surface area contributed by atoms with E-state index in [1.807, 2.05) is 24.3 Å². The van der Waals surface area contributed by atoms with Crippen LogP contribution in [0.1, 0.15) is 10.5 Å². The van der Waals surface area contributed by atoms with E-state index in [1.165, 1.54) is 7.11 Å². The zero-order valence-electron chi connectivity index (χ0n) is 11.4. The molecule has 6 heteroatoms. The third kappa shape index (κ3) is 3.02. The highest BCUT2D eigenvalue weighted by Crippen LogP contribution is 2.18. The molecular formula is C13H18N2O3Si. The molecule has 0 saturated heterocycles. The van der Waals surface area contributed by atoms with Crippen LogP contribution in [0.5, 0.6) is 0 Å². The molecule has 102 valence electrons. The maximum atomic E-state index is 11.9. The molecule has 2 rings (SSSR count). The summed E-state index contributed by atoms with van der Waals surface area (Å²) >= 11 is 0. The van der Waals surface area contributed by atoms with E-state index >= 15 is 0 Å². The molecule has 1 heterocycles. The van der Waals surface area contributed by atoms with Gasteiger partial charge in [-0.15, -0.1) is 0 Å². The zero-order valence-corrected chi connectivity index (χ0v) is 12.6. The Morgan fingerprint density at radius 2 is 2.11 bits per heavy atom. The molecule has 0 amide bonds. The second-order valence-corrected chi connectivity index (χ2v) is 6.93. The summed E-state index contributed by atoms with van der Waals surface area (Å²) in [7, 11) is 0.329. The van der Waals surface area contributed by atoms with Crippen LogP contribution in [-0.4, -0.2) is 38.5 Å². The zero-order chi connectivity index (χ0) is 13.8. The summed E-state index contributed by atoms with van der Waals surface area (Å²) in [5.74, 6) is -0.365. The first-order valence-corrected chi connectivity index (χ1v) is 9.07. The minimum atomic E-state index is -1.05. The van der Waals surface area contributed by atoms with Gasteiger partial charge in [-0.25, -0.2) is 4.79 Å². The Morgan fingerprint density at radius 1 is 1.37 bits per heavy atom. The number of ether oxygens (including phenoxy) is 1. The van der Waals surface area contributed by atoms with Crippen LogP contribution in [0.4, 0.5) is 0 Å². The average Bonchev–Trinajstić information content (AvgIpc) is 2.75. The van der Waals surface area contributed by atoms with Gasteiger partial charge in [-0.2, -0.15) is 5.10 Å². The molecule has 2 aromatic rings. The van der Waals surface area contributed by atoms with Crippen molar-refractivity contribution >= 4 is 25.9 Å². The average molecular weight is 278 g/mol. The van der Waals surface area contributed by atoms with Crippen LogP contribution >= 0.6 is 0 Å². The third-order valence-electron chi connectivity index (χ3n) is 2.78. The molecule has 0 aliphatic carbocycles. The first kappa shape index (κ1) is 13.8. The maximum Gasteiger partial charge on any atom is 0.356 e. The van der Waals surface area contributed by atoms with Gasteiger partial charge >= 0.3 is 5.97 Å². The smallest absolute Gasteiger partial charge is 0.356 e. The van der Waals surface area contributed by atoms with Crippen LogP contribution in [-0.2, 0) is 15.7 Å². The molecule has 0 saturated carbocycles. The molecule has 0 spiro atoms. The lowest BCUT2D eigenvalue weighted by molar-refractivity contribution is 0.0587. The SMILES string of the molecule is COC(=O)c1c2ccccc2nn1CCO[SiH](C)C. The highest BCUT2D eigenvalue weighted by Gasteiger charge is 2.18. The van der Waals surface area contributed by atoms with Crippen molar-refractivity contribution in [2.24, 2.45) is 0 Å². The number of esters is 1. The predicted molar refractivity (Wildman–Crippen MR) is 75.9 cm³/mol. The van der Waals surface area contributed by atoms with E-state index in [0.717, 1.165) is 10.9 Å². The van der Waals surface area contributed by atoms with Gasteiger partial charge in [0.15, 0.2) is 14.7 Å². The molecule has 1 aromatic heterocycles. The monoisotopic (exact) mass is 278 g/mol. The fourth-order valence-electron chi connectivity index (χ4n) is 1.93. The van der Waals surface area contributed by atoms with Crippen LogP contribution in [0.2, 0.25) is 13.1 Å². The van der Waals surface area contributed by atoms with Gasteiger partial charge in [-0.05, 0) is 19.2 Å². The first-order valence-electron chi connectivity index (χ1n) is 6.29. The molecule has 5 nitrogen and oxygen atoms in total. The summed E-state index contributed by atoms with van der Waals surface area (Å²) in [4.78, 5) is 11.9. The summed E-state index contributed by atoms with van der Waals surface area (Å²) in [6.07, 6.45) is 0. The lowest BCUT2D eigenvalue weighted by Gasteiger charge is -2.08. The van der Waals surface area contributed by atoms with Crippen LogP contribution < -0.4 is 0 Å². The largest absolute Gasteiger partial charge is 0.464 e. The number of carbonyl (C=O) groups excluding carboxylic acids is 1. The first-order chi connectivity index (χ1) is 9.13. The van der Waals surface area contributed by atoms with E-state index in [0.29, 0.717) is 18.8 Å². The Hall–Kier alpha value is -1.66. The van der Waals surface area contributed by atoms with Crippen molar-refractivity contribution in [1.82, 2.24) is 9.78 Å². The van der Waals surface area contributed by atoms with Crippen LogP contribution in [0.25, 0.3) is 10.9 Å². The molecule has 1 aromatic carbocycles. The summed E-state index contributed by atoms with van der Waals surface area (Å²) in [5, 5.41) is 5.25. The molecule has 19 heavy (non-hydrogen) atoms. The molecule has 0 N–H and O–H groups in total. The molecule has 0 unspecified atom stereocenters. The molecular weight excluding hydrogens is 260 g/mol. The normalized spacial score (nSPS) is 11.2. The second kappa shape index (κ2) is 5.99. The number of rotatable bonds is 5. The highest BCUT2D eigenvalue weighted by atomic mass is 28.3. The van der Waals surface area contributed by atoms with Crippen molar-refractivity contribution < 1.29 is 14.0 Å². The van der Waals surface area contributed by atoms with Crippen molar-refractivity contribution in [2.45, 2.75) is 19.6 Å². The third-order valence-corrected chi connectivity index (χ3v) is 3.68. The van der Waals surface area contributed by atoms with E-state index in [2.05, 4.69) is 18.2 Å². The van der Waals surface area contributed by atoms with E-state index in [-0.39, 0.29) is 5.97 Å². The molecule has 0 fully saturated rings. The summed E-state index contributed by atoms with van der Waals surface area (Å²) in [5.41, 5.74) is 1.29. The number of nitrogens with zero attached hydrogens (tertiary/aromatic N) is 2. The molecule has 0 bridgehead atoms. The number of aromatic nitrogens is 2. The fraction of sp³-hybridized carbons (Fsp3) is 0.385. The van der Waals surface area contributed by atoms with Crippen molar-refractivity contribution in [3.05, 3.63) is 30.0 Å². The Bertz CT molecular complexity index is 580. The Morgan fingerprint density at radius 3 is 2.79 bits per heavy atom. The number of hydrogen-bond acceptors (Lipinski definition) is 4. The van der Waals surface area contributed by atoms with E-state index < -0.39 is 9.04 Å². The topological polar surface area (TPSA) is 53.3 Å². The lowest BCUT2D eigenvalue weighted by atomic mass is 10.2. The second-order valence-electron chi connectivity index (χ2n) is 4.50. The number of carbonyl (C=O) groups is 1. The lowest BCUT2D eigenvalue weighted by Crippen LogP contribution is -2.18. The van der Waals surface area contributed by atoms with E-state index in [9.17, 15) is 4.79 Å². The van der Waals surface area contributed by atoms with Crippen molar-refractivity contribution in [3.8, 4) is 0 Å². The van der Waals surface area contributed by atoms with Crippen LogP contribution in [0.3, 0.4) is 0 Å². The van der Waals surface area contributed by atoms with Crippen molar-refractivity contribution in [2.75, 3.05) is 13.7 Å². The molecule has 0 atom stereocenters. The van der Waals surface area contributed by atoms with Gasteiger partial charge in [-0.1, -0.05) is 18.2 Å². The highest BCUT2D eigenvalue weighted by molar-refractivity contribution is 6.48. The van der Waals surface area contributed by atoms with Gasteiger partial charge in [0, 0.05) is 5.39 Å². The number of benzene rings is 1. The van der Waals surface area contributed by atoms with Crippen LogP contribution in [0.15, 0.2) is 24.3 Å². The Kier molecular flexibility index (Phi) is 4.34. The van der Waals surface area contributed by atoms with Gasteiger partial charge in [0.05, 0.1) is 25.8 Å². The maximum absolute atomic E-state index is 11.9. The minimum absolute atomic E-state index is 0.365. The number of methoxy groups -OCH3 is 1. The summed E-state index contributed by atoms with van der Waals surface area (Å²) in [6.45, 7) is 5.35. The standard InChI is InChI=1S/C13H18N2O3Si/c1-17-13(16)12-10-6-4-5-7-11(10)14-15(12)8-9-18-19(2)3/h4-7,19H,8-9H2,1-3H3. The Labute approximate surface area is 113 Å². The van der Waals surface area contributed by atoms with Crippen LogP contribution in [0, 0.1) is 0 Å². The molecule has 0 radical (unpaired) electrons. The number of hydrogen-bond donors (Lipinski definition) is 0. The van der Waals surface area contributed by atoms with Gasteiger partial charge < -0.3 is 9.16 Å². The molecule has 0 aliphatic rings. The van der Waals surface area contributed by atoms with Gasteiger partial charge in [-0.3, -0.25) is 4.68 Å². The predicted octanol–water partition coefficient (Wildman–Crippen LogP) is 1.82. The quantitative estimate of drug-likeness (QED) is 0.618. The summed E-state index contributed by atoms with van der Waals surface area (Å²) < 4.78 is 12.1. The van der Waals surface area contributed by atoms with Gasteiger partial charge in [0.2, 0.25) is 0 Å². The number of fused-ring (bicyclic) bond motifs is 1. The van der Waals surface area contributed by atoms with Gasteiger partial charge in [0.25, 0.3) is 0 Å². The summed E-state index contributed by atoms with van der Waals surface area (Å²) in [6, 6.07) is 7.55. The Balaban J connectivity index is 2.33. The van der Waals surface area contributed by atoms with E-state index in [4.69, 9.17) is 9.16 Å². The van der Waals surface area contributed by atoms with Crippen molar-refractivity contribution in [1.29, 1.82) is 0 Å². The fourth-order valence-corrected chi connectivity index (χ4v) is 2.51. The minimum Gasteiger partial charge on any atom is -0.464 e. The molecule has 0 aliphatic heterocycles. The van der Waals surface area contributed by atoms with Gasteiger partial charge in [0.1, 0.15) is 0 Å². The van der Waals surface area contributed by atoms with E-state index in [1.54, 1.807) is 4.68 Å². The van der Waals surface area contributed by atoms with Crippen molar-refractivity contribution in [3.63, 3.8) is 0 Å².